The molecule has 0 amide bonds. The van der Waals surface area contributed by atoms with Crippen LogP contribution in [-0.2, 0) is 9.53 Å². The third-order valence-corrected chi connectivity index (χ3v) is 3.38. The molecule has 3 heteroatoms. The van der Waals surface area contributed by atoms with Gasteiger partial charge < -0.3 is 10.1 Å². The minimum absolute atomic E-state index is 0.127. The van der Waals surface area contributed by atoms with Crippen LogP contribution in [0.4, 0.5) is 0 Å². The van der Waals surface area contributed by atoms with Crippen molar-refractivity contribution in [1.82, 2.24) is 5.32 Å². The van der Waals surface area contributed by atoms with Crippen LogP contribution in [0.5, 0.6) is 0 Å². The Kier molecular flexibility index (Phi) is 5.69. The Labute approximate surface area is 92.6 Å². The van der Waals surface area contributed by atoms with Crippen molar-refractivity contribution in [2.24, 2.45) is 5.92 Å². The lowest BCUT2D eigenvalue weighted by Crippen LogP contribution is -2.36. The van der Waals surface area contributed by atoms with E-state index >= 15 is 0 Å². The van der Waals surface area contributed by atoms with Gasteiger partial charge in [0.15, 0.2) is 0 Å². The molecular formula is C12H23NO2. The summed E-state index contributed by atoms with van der Waals surface area (Å²) in [6.07, 6.45) is 7.29. The van der Waals surface area contributed by atoms with Crippen LogP contribution in [0, 0.1) is 5.92 Å². The summed E-state index contributed by atoms with van der Waals surface area (Å²) in [5.41, 5.74) is 0. The molecule has 15 heavy (non-hydrogen) atoms. The summed E-state index contributed by atoms with van der Waals surface area (Å²) < 4.78 is 4.60. The van der Waals surface area contributed by atoms with Crippen LogP contribution < -0.4 is 5.32 Å². The molecule has 1 N–H and O–H groups in total. The van der Waals surface area contributed by atoms with Gasteiger partial charge in [0.1, 0.15) is 0 Å². The molecule has 0 unspecified atom stereocenters. The van der Waals surface area contributed by atoms with Crippen molar-refractivity contribution in [3.05, 3.63) is 0 Å². The molecule has 3 nitrogen and oxygen atoms in total. The Balaban J connectivity index is 2.11. The number of carbonyl (C=O) groups is 1. The second kappa shape index (κ2) is 6.83. The van der Waals surface area contributed by atoms with Crippen molar-refractivity contribution in [2.45, 2.75) is 51.5 Å². The highest BCUT2D eigenvalue weighted by Crippen LogP contribution is 2.26. The maximum atomic E-state index is 10.9. The van der Waals surface area contributed by atoms with Crippen LogP contribution in [0.2, 0.25) is 0 Å². The SMILES string of the molecule is COC(=O)CCN[C@@H](C)C1CCCCC1. The lowest BCUT2D eigenvalue weighted by atomic mass is 9.84. The lowest BCUT2D eigenvalue weighted by molar-refractivity contribution is -0.140. The monoisotopic (exact) mass is 213 g/mol. The smallest absolute Gasteiger partial charge is 0.306 e. The first-order chi connectivity index (χ1) is 7.24. The van der Waals surface area contributed by atoms with E-state index in [0.717, 1.165) is 12.5 Å². The standard InChI is InChI=1S/C12H23NO2/c1-10(11-6-4-3-5-7-11)13-9-8-12(14)15-2/h10-11,13H,3-9H2,1-2H3/t10-/m0/s1. The second-order valence-corrected chi connectivity index (χ2v) is 4.47. The molecule has 0 aromatic rings. The number of esters is 1. The Morgan fingerprint density at radius 1 is 1.40 bits per heavy atom. The fraction of sp³-hybridized carbons (Fsp3) is 0.917. The average molecular weight is 213 g/mol. The van der Waals surface area contributed by atoms with Gasteiger partial charge in [-0.3, -0.25) is 4.79 Å². The van der Waals surface area contributed by atoms with Gasteiger partial charge in [-0.2, -0.15) is 0 Å². The van der Waals surface area contributed by atoms with Gasteiger partial charge in [-0.05, 0) is 25.7 Å². The molecule has 1 aliphatic rings. The highest BCUT2D eigenvalue weighted by Gasteiger charge is 2.19. The first-order valence-corrected chi connectivity index (χ1v) is 6.04. The van der Waals surface area contributed by atoms with Gasteiger partial charge in [-0.1, -0.05) is 19.3 Å². The van der Waals surface area contributed by atoms with E-state index in [-0.39, 0.29) is 5.97 Å². The number of hydrogen-bond acceptors (Lipinski definition) is 3. The average Bonchev–Trinajstić information content (AvgIpc) is 2.29. The van der Waals surface area contributed by atoms with Crippen molar-refractivity contribution in [1.29, 1.82) is 0 Å². The maximum Gasteiger partial charge on any atom is 0.306 e. The molecule has 0 saturated heterocycles. The van der Waals surface area contributed by atoms with E-state index < -0.39 is 0 Å². The summed E-state index contributed by atoms with van der Waals surface area (Å²) in [5, 5.41) is 3.42. The highest BCUT2D eigenvalue weighted by molar-refractivity contribution is 5.69. The van der Waals surface area contributed by atoms with E-state index in [4.69, 9.17) is 0 Å². The van der Waals surface area contributed by atoms with Crippen molar-refractivity contribution in [3.8, 4) is 0 Å². The summed E-state index contributed by atoms with van der Waals surface area (Å²) in [7, 11) is 1.44. The van der Waals surface area contributed by atoms with Crippen molar-refractivity contribution in [3.63, 3.8) is 0 Å². The number of ether oxygens (including phenoxy) is 1. The Morgan fingerprint density at radius 3 is 2.67 bits per heavy atom. The maximum absolute atomic E-state index is 10.9. The lowest BCUT2D eigenvalue weighted by Gasteiger charge is -2.28. The molecule has 0 radical (unpaired) electrons. The third-order valence-electron chi connectivity index (χ3n) is 3.38. The minimum Gasteiger partial charge on any atom is -0.469 e. The first-order valence-electron chi connectivity index (χ1n) is 6.04. The molecule has 1 aliphatic carbocycles. The number of methoxy groups -OCH3 is 1. The second-order valence-electron chi connectivity index (χ2n) is 4.47. The predicted octanol–water partition coefficient (Wildman–Crippen LogP) is 2.11. The van der Waals surface area contributed by atoms with Gasteiger partial charge in [-0.15, -0.1) is 0 Å². The zero-order valence-electron chi connectivity index (χ0n) is 9.92. The zero-order valence-corrected chi connectivity index (χ0v) is 9.92. The van der Waals surface area contributed by atoms with Gasteiger partial charge in [0.2, 0.25) is 0 Å². The van der Waals surface area contributed by atoms with Gasteiger partial charge in [-0.25, -0.2) is 0 Å². The van der Waals surface area contributed by atoms with Crippen molar-refractivity contribution >= 4 is 5.97 Å². The number of rotatable bonds is 5. The molecule has 0 aliphatic heterocycles. The van der Waals surface area contributed by atoms with Gasteiger partial charge >= 0.3 is 5.97 Å². The topological polar surface area (TPSA) is 38.3 Å². The van der Waals surface area contributed by atoms with Crippen LogP contribution in [0.15, 0.2) is 0 Å². The molecule has 0 bridgehead atoms. The van der Waals surface area contributed by atoms with E-state index in [0.29, 0.717) is 12.5 Å². The van der Waals surface area contributed by atoms with Crippen LogP contribution in [-0.4, -0.2) is 25.7 Å². The van der Waals surface area contributed by atoms with E-state index in [1.807, 2.05) is 0 Å². The summed E-state index contributed by atoms with van der Waals surface area (Å²) in [4.78, 5) is 10.9. The van der Waals surface area contributed by atoms with Crippen LogP contribution in [0.25, 0.3) is 0 Å². The molecule has 1 fully saturated rings. The summed E-state index contributed by atoms with van der Waals surface area (Å²) in [6, 6.07) is 0.537. The Morgan fingerprint density at radius 2 is 2.07 bits per heavy atom. The predicted molar refractivity (Wildman–Crippen MR) is 60.7 cm³/mol. The van der Waals surface area contributed by atoms with Crippen LogP contribution in [0.3, 0.4) is 0 Å². The van der Waals surface area contributed by atoms with Crippen LogP contribution in [0.1, 0.15) is 45.4 Å². The number of nitrogens with one attached hydrogen (secondary N) is 1. The molecule has 1 atom stereocenters. The summed E-state index contributed by atoms with van der Waals surface area (Å²) in [6.45, 7) is 2.97. The van der Waals surface area contributed by atoms with E-state index in [1.54, 1.807) is 0 Å². The van der Waals surface area contributed by atoms with Crippen molar-refractivity contribution < 1.29 is 9.53 Å². The minimum atomic E-state index is -0.127. The van der Waals surface area contributed by atoms with E-state index in [2.05, 4.69) is 17.0 Å². The first kappa shape index (κ1) is 12.5. The Hall–Kier alpha value is -0.570. The highest BCUT2D eigenvalue weighted by atomic mass is 16.5. The largest absolute Gasteiger partial charge is 0.469 e. The summed E-state index contributed by atoms with van der Waals surface area (Å²) in [5.74, 6) is 0.676. The molecular weight excluding hydrogens is 190 g/mol. The van der Waals surface area contributed by atoms with Gasteiger partial charge in [0.25, 0.3) is 0 Å². The molecule has 1 saturated carbocycles. The third kappa shape index (κ3) is 4.65. The molecule has 1 rings (SSSR count). The fourth-order valence-electron chi connectivity index (χ4n) is 2.30. The van der Waals surface area contributed by atoms with Crippen LogP contribution >= 0.6 is 0 Å². The molecule has 0 aromatic heterocycles. The Bertz CT molecular complexity index is 188. The summed E-state index contributed by atoms with van der Waals surface area (Å²) >= 11 is 0. The number of hydrogen-bond donors (Lipinski definition) is 1. The molecule has 0 spiro atoms. The number of carbonyl (C=O) groups excluding carboxylic acids is 1. The van der Waals surface area contributed by atoms with Gasteiger partial charge in [0.05, 0.1) is 13.5 Å². The van der Waals surface area contributed by atoms with Crippen molar-refractivity contribution in [2.75, 3.05) is 13.7 Å². The fourth-order valence-corrected chi connectivity index (χ4v) is 2.30. The normalized spacial score (nSPS) is 19.9. The molecule has 0 aromatic carbocycles. The molecule has 0 heterocycles. The quantitative estimate of drug-likeness (QED) is 0.711. The zero-order chi connectivity index (χ0) is 11.1. The molecule has 88 valence electrons. The van der Waals surface area contributed by atoms with E-state index in [1.165, 1.54) is 39.2 Å². The van der Waals surface area contributed by atoms with Gasteiger partial charge in [0, 0.05) is 12.6 Å². The van der Waals surface area contributed by atoms with E-state index in [9.17, 15) is 4.79 Å².